The molecule has 0 radical (unpaired) electrons. The maximum Gasteiger partial charge on any atom is 0.322 e. The molecule has 0 bridgehead atoms. The number of hydrogen-bond donors (Lipinski definition) is 3. The van der Waals surface area contributed by atoms with Gasteiger partial charge in [0.2, 0.25) is 11.5 Å². The Kier molecular flexibility index (Phi) is 5.56. The summed E-state index contributed by atoms with van der Waals surface area (Å²) in [7, 11) is 0. The molecule has 1 aromatic heterocycles. The number of carbonyl (C=O) groups is 2. The number of carboxylic acid groups (broad SMARTS) is 1. The van der Waals surface area contributed by atoms with E-state index >= 15 is 0 Å². The standard InChI is InChI=1S/C16H16N4O4/c1-10(21)16(17)12-7-11(3-4-13(12)20-8-15(22)23)24-9-14-18-5-2-6-19-14/h2-7,17,20H,8-9H2,1H3,(H,22,23)/p+1. The fraction of sp³-hybridized carbons (Fsp3) is 0.188. The number of anilines is 1. The number of aliphatic carboxylic acids is 1. The van der Waals surface area contributed by atoms with Crippen LogP contribution in [0.15, 0.2) is 36.7 Å². The van der Waals surface area contributed by atoms with Gasteiger partial charge in [-0.1, -0.05) is 0 Å². The van der Waals surface area contributed by atoms with Crippen LogP contribution in [0.4, 0.5) is 5.69 Å². The zero-order valence-corrected chi connectivity index (χ0v) is 13.0. The molecule has 0 aliphatic heterocycles. The summed E-state index contributed by atoms with van der Waals surface area (Å²) < 4.78 is 5.59. The highest BCUT2D eigenvalue weighted by molar-refractivity contribution is 6.44. The lowest BCUT2D eigenvalue weighted by molar-refractivity contribution is -0.135. The number of ketones is 1. The Morgan fingerprint density at radius 2 is 2.00 bits per heavy atom. The van der Waals surface area contributed by atoms with Crippen molar-refractivity contribution in [1.82, 2.24) is 9.97 Å². The van der Waals surface area contributed by atoms with Gasteiger partial charge in [-0.15, -0.1) is 0 Å². The van der Waals surface area contributed by atoms with Crippen molar-refractivity contribution in [2.24, 2.45) is 0 Å². The van der Waals surface area contributed by atoms with Gasteiger partial charge in [0.15, 0.2) is 5.82 Å². The second kappa shape index (κ2) is 7.82. The highest BCUT2D eigenvalue weighted by atomic mass is 16.5. The number of nitrogens with zero attached hydrogens (tertiary/aromatic N) is 2. The minimum Gasteiger partial charge on any atom is -0.486 e. The molecule has 0 aliphatic rings. The molecular weight excluding hydrogens is 312 g/mol. The smallest absolute Gasteiger partial charge is 0.322 e. The highest BCUT2D eigenvalue weighted by Crippen LogP contribution is 2.23. The number of carboxylic acids is 1. The van der Waals surface area contributed by atoms with Gasteiger partial charge >= 0.3 is 5.97 Å². The van der Waals surface area contributed by atoms with Crippen LogP contribution in [0, 0.1) is 0 Å². The van der Waals surface area contributed by atoms with Gasteiger partial charge in [-0.3, -0.25) is 15.0 Å². The SMILES string of the molecule is CC(=O)C(=[NH2+])c1cc(OCc2ncccn2)ccc1NCC(=O)O. The molecule has 4 N–H and O–H groups in total. The van der Waals surface area contributed by atoms with Crippen LogP contribution in [-0.4, -0.2) is 39.1 Å². The molecule has 0 amide bonds. The molecule has 2 aromatic rings. The van der Waals surface area contributed by atoms with Crippen molar-refractivity contribution >= 4 is 23.2 Å². The van der Waals surface area contributed by atoms with E-state index in [1.54, 1.807) is 36.7 Å². The van der Waals surface area contributed by atoms with Crippen molar-refractivity contribution in [2.45, 2.75) is 13.5 Å². The van der Waals surface area contributed by atoms with Crippen LogP contribution >= 0.6 is 0 Å². The number of rotatable bonds is 8. The van der Waals surface area contributed by atoms with Gasteiger partial charge in [0.05, 0.1) is 5.56 Å². The van der Waals surface area contributed by atoms with Crippen molar-refractivity contribution in [3.05, 3.63) is 48.0 Å². The van der Waals surface area contributed by atoms with E-state index in [0.29, 0.717) is 22.8 Å². The average Bonchev–Trinajstić information content (AvgIpc) is 2.58. The number of nitrogens with one attached hydrogen (secondary N) is 1. The molecule has 0 unspecified atom stereocenters. The minimum absolute atomic E-state index is 0.0179. The van der Waals surface area contributed by atoms with E-state index < -0.39 is 5.97 Å². The predicted octanol–water partition coefficient (Wildman–Crippen LogP) is -0.311. The maximum atomic E-state index is 11.6. The molecule has 2 rings (SSSR count). The lowest BCUT2D eigenvalue weighted by atomic mass is 10.0. The first-order valence-corrected chi connectivity index (χ1v) is 7.09. The summed E-state index contributed by atoms with van der Waals surface area (Å²) in [5, 5.41) is 17.3. The molecular formula is C16H17N4O4+. The van der Waals surface area contributed by atoms with Gasteiger partial charge in [0, 0.05) is 25.0 Å². The summed E-state index contributed by atoms with van der Waals surface area (Å²) in [4.78, 5) is 30.4. The van der Waals surface area contributed by atoms with Crippen molar-refractivity contribution in [1.29, 1.82) is 0 Å². The summed E-state index contributed by atoms with van der Waals surface area (Å²) in [5.74, 6) is -0.376. The van der Waals surface area contributed by atoms with E-state index in [2.05, 4.69) is 15.3 Å². The van der Waals surface area contributed by atoms with E-state index in [4.69, 9.17) is 15.3 Å². The Hall–Kier alpha value is -3.29. The van der Waals surface area contributed by atoms with Gasteiger partial charge in [-0.05, 0) is 24.3 Å². The molecule has 0 saturated carbocycles. The molecule has 1 aromatic carbocycles. The fourth-order valence-electron chi connectivity index (χ4n) is 1.90. The van der Waals surface area contributed by atoms with Gasteiger partial charge in [0.25, 0.3) is 0 Å². The zero-order chi connectivity index (χ0) is 17.5. The van der Waals surface area contributed by atoms with Crippen LogP contribution < -0.4 is 15.5 Å². The topological polar surface area (TPSA) is 127 Å². The number of aromatic nitrogens is 2. The normalized spacial score (nSPS) is 10.0. The number of Topliss-reactive ketones (excluding diaryl/α,β-unsaturated/α-hetero) is 1. The molecule has 0 saturated heterocycles. The van der Waals surface area contributed by atoms with Crippen LogP contribution in [0.5, 0.6) is 5.75 Å². The third-order valence-electron chi connectivity index (χ3n) is 3.08. The molecule has 0 fully saturated rings. The molecule has 124 valence electrons. The summed E-state index contributed by atoms with van der Waals surface area (Å²) in [6, 6.07) is 6.52. The lowest BCUT2D eigenvalue weighted by Gasteiger charge is -2.11. The molecule has 0 atom stereocenters. The molecule has 0 aliphatic carbocycles. The van der Waals surface area contributed by atoms with Crippen molar-refractivity contribution in [3.63, 3.8) is 0 Å². The van der Waals surface area contributed by atoms with E-state index in [-0.39, 0.29) is 24.6 Å². The molecule has 0 spiro atoms. The Morgan fingerprint density at radius 3 is 2.62 bits per heavy atom. The van der Waals surface area contributed by atoms with Gasteiger partial charge < -0.3 is 15.2 Å². The summed E-state index contributed by atoms with van der Waals surface area (Å²) in [5.41, 5.74) is 0.841. The van der Waals surface area contributed by atoms with Gasteiger partial charge in [-0.25, -0.2) is 9.97 Å². The van der Waals surface area contributed by atoms with Crippen molar-refractivity contribution in [3.8, 4) is 5.75 Å². The summed E-state index contributed by atoms with van der Waals surface area (Å²) in [6.07, 6.45) is 3.22. The quantitative estimate of drug-likeness (QED) is 0.567. The predicted molar refractivity (Wildman–Crippen MR) is 85.6 cm³/mol. The van der Waals surface area contributed by atoms with E-state index in [1.165, 1.54) is 6.92 Å². The van der Waals surface area contributed by atoms with Gasteiger partial charge in [-0.2, -0.15) is 0 Å². The lowest BCUT2D eigenvalue weighted by Crippen LogP contribution is -2.45. The van der Waals surface area contributed by atoms with E-state index in [9.17, 15) is 9.59 Å². The largest absolute Gasteiger partial charge is 0.486 e. The number of benzene rings is 1. The summed E-state index contributed by atoms with van der Waals surface area (Å²) in [6.45, 7) is 1.19. The maximum absolute atomic E-state index is 11.6. The second-order valence-corrected chi connectivity index (χ2v) is 4.88. The molecule has 8 heteroatoms. The number of carbonyl (C=O) groups excluding carboxylic acids is 1. The van der Waals surface area contributed by atoms with E-state index in [0.717, 1.165) is 0 Å². The van der Waals surface area contributed by atoms with Gasteiger partial charge in [0.1, 0.15) is 18.9 Å². The Labute approximate surface area is 138 Å². The third-order valence-corrected chi connectivity index (χ3v) is 3.08. The average molecular weight is 329 g/mol. The van der Waals surface area contributed by atoms with Crippen LogP contribution in [0.1, 0.15) is 18.3 Å². The van der Waals surface area contributed by atoms with Crippen LogP contribution in [0.2, 0.25) is 0 Å². The Morgan fingerprint density at radius 1 is 1.29 bits per heavy atom. The van der Waals surface area contributed by atoms with Crippen molar-refractivity contribution < 1.29 is 24.8 Å². The monoisotopic (exact) mass is 329 g/mol. The second-order valence-electron chi connectivity index (χ2n) is 4.88. The zero-order valence-electron chi connectivity index (χ0n) is 13.0. The first-order valence-electron chi connectivity index (χ1n) is 7.09. The van der Waals surface area contributed by atoms with Crippen LogP contribution in [0.3, 0.4) is 0 Å². The number of nitrogens with two attached hydrogens (primary N) is 1. The van der Waals surface area contributed by atoms with E-state index in [1.807, 2.05) is 0 Å². The third kappa shape index (κ3) is 4.60. The number of hydrogen-bond acceptors (Lipinski definition) is 6. The van der Waals surface area contributed by atoms with Crippen molar-refractivity contribution in [2.75, 3.05) is 11.9 Å². The highest BCUT2D eigenvalue weighted by Gasteiger charge is 2.19. The Bertz CT molecular complexity index is 762. The molecule has 1 heterocycles. The first-order chi connectivity index (χ1) is 11.5. The van der Waals surface area contributed by atoms with Crippen LogP contribution in [0.25, 0.3) is 0 Å². The van der Waals surface area contributed by atoms with Crippen LogP contribution in [-0.2, 0) is 16.2 Å². The summed E-state index contributed by atoms with van der Waals surface area (Å²) >= 11 is 0. The molecule has 8 nitrogen and oxygen atoms in total. The Balaban J connectivity index is 2.21. The fourth-order valence-corrected chi connectivity index (χ4v) is 1.90. The molecule has 24 heavy (non-hydrogen) atoms. The first kappa shape index (κ1) is 17.1. The number of ether oxygens (including phenoxy) is 1. The minimum atomic E-state index is -1.02.